The van der Waals surface area contributed by atoms with Crippen molar-refractivity contribution in [3.05, 3.63) is 106 Å². The number of hydrogen-bond acceptors (Lipinski definition) is 4. The number of hydrogen-bond donors (Lipinski definition) is 1. The van der Waals surface area contributed by atoms with E-state index in [0.29, 0.717) is 13.1 Å². The molecule has 1 amide bonds. The molecule has 31 heavy (non-hydrogen) atoms. The maximum atomic E-state index is 12.6. The molecule has 7 nitrogen and oxygen atoms in total. The minimum Gasteiger partial charge on any atom is -0.401 e. The first-order valence-corrected chi connectivity index (χ1v) is 10.3. The molecule has 0 unspecified atom stereocenters. The van der Waals surface area contributed by atoms with Crippen LogP contribution in [0, 0.1) is 10.1 Å². The van der Waals surface area contributed by atoms with E-state index in [4.69, 9.17) is 4.42 Å². The summed E-state index contributed by atoms with van der Waals surface area (Å²) >= 11 is 0. The van der Waals surface area contributed by atoms with Crippen LogP contribution in [-0.2, 0) is 4.79 Å². The number of nitro groups is 1. The predicted molar refractivity (Wildman–Crippen MR) is 116 cm³/mol. The highest BCUT2D eigenvalue weighted by molar-refractivity contribution is 5.91. The fourth-order valence-corrected chi connectivity index (χ4v) is 4.05. The van der Waals surface area contributed by atoms with Gasteiger partial charge in [0.05, 0.1) is 32.2 Å². The van der Waals surface area contributed by atoms with Crippen LogP contribution in [-0.4, -0.2) is 41.9 Å². The van der Waals surface area contributed by atoms with Crippen LogP contribution in [0.25, 0.3) is 6.08 Å². The Labute approximate surface area is 180 Å². The molecule has 1 aromatic heterocycles. The molecular formula is C24H24N3O4+. The van der Waals surface area contributed by atoms with Crippen molar-refractivity contribution in [2.75, 3.05) is 26.2 Å². The molecule has 0 radical (unpaired) electrons. The molecule has 1 aliphatic heterocycles. The lowest BCUT2D eigenvalue weighted by Gasteiger charge is -2.36. The Balaban J connectivity index is 1.42. The molecule has 4 rings (SSSR count). The van der Waals surface area contributed by atoms with Crippen LogP contribution < -0.4 is 4.90 Å². The van der Waals surface area contributed by atoms with E-state index < -0.39 is 4.92 Å². The molecule has 0 spiro atoms. The van der Waals surface area contributed by atoms with Crippen LogP contribution in [0.5, 0.6) is 0 Å². The minimum absolute atomic E-state index is 0.117. The number of quaternary nitrogens is 1. The molecule has 0 bridgehead atoms. The normalized spacial score (nSPS) is 14.9. The van der Waals surface area contributed by atoms with Gasteiger partial charge in [-0.2, -0.15) is 0 Å². The molecular weight excluding hydrogens is 394 g/mol. The van der Waals surface area contributed by atoms with Gasteiger partial charge in [0.2, 0.25) is 5.91 Å². The van der Waals surface area contributed by atoms with Crippen LogP contribution in [0.2, 0.25) is 0 Å². The molecule has 158 valence electrons. The molecule has 2 heterocycles. The van der Waals surface area contributed by atoms with E-state index in [1.807, 2.05) is 17.0 Å². The molecule has 0 aliphatic carbocycles. The number of benzene rings is 2. The summed E-state index contributed by atoms with van der Waals surface area (Å²) < 4.78 is 5.07. The van der Waals surface area contributed by atoms with E-state index in [-0.39, 0.29) is 23.6 Å². The lowest BCUT2D eigenvalue weighted by Crippen LogP contribution is -3.15. The van der Waals surface area contributed by atoms with Crippen molar-refractivity contribution in [1.29, 1.82) is 0 Å². The zero-order chi connectivity index (χ0) is 21.6. The van der Waals surface area contributed by atoms with E-state index in [1.165, 1.54) is 40.3 Å². The summed E-state index contributed by atoms with van der Waals surface area (Å²) in [5.41, 5.74) is 2.53. The van der Waals surface area contributed by atoms with E-state index in [1.54, 1.807) is 0 Å². The Morgan fingerprint density at radius 2 is 1.55 bits per heavy atom. The number of nitrogens with one attached hydrogen (secondary N) is 1. The largest absolute Gasteiger partial charge is 0.433 e. The maximum absolute atomic E-state index is 12.6. The number of nitrogens with zero attached hydrogens (tertiary/aromatic N) is 2. The van der Waals surface area contributed by atoms with Crippen molar-refractivity contribution in [2.24, 2.45) is 0 Å². The van der Waals surface area contributed by atoms with Crippen molar-refractivity contribution in [3.8, 4) is 0 Å². The summed E-state index contributed by atoms with van der Waals surface area (Å²) in [6.45, 7) is 2.96. The third-order valence-corrected chi connectivity index (χ3v) is 5.57. The van der Waals surface area contributed by atoms with Gasteiger partial charge in [-0.3, -0.25) is 14.9 Å². The van der Waals surface area contributed by atoms with Crippen molar-refractivity contribution in [1.82, 2.24) is 4.90 Å². The second kappa shape index (κ2) is 9.40. The topological polar surface area (TPSA) is 81.0 Å². The SMILES string of the molecule is O=C(/C=C/c1ccc([N+](=O)[O-])o1)N1CC[NH+](C(c2ccccc2)c2ccccc2)CC1. The molecule has 1 fully saturated rings. The number of rotatable bonds is 6. The summed E-state index contributed by atoms with van der Waals surface area (Å²) in [5, 5.41) is 10.7. The van der Waals surface area contributed by atoms with Gasteiger partial charge < -0.3 is 14.2 Å². The van der Waals surface area contributed by atoms with Crippen molar-refractivity contribution < 1.29 is 19.0 Å². The Morgan fingerprint density at radius 3 is 2.06 bits per heavy atom. The minimum atomic E-state index is -0.600. The molecule has 7 heteroatoms. The second-order valence-electron chi connectivity index (χ2n) is 7.50. The highest BCUT2D eigenvalue weighted by Crippen LogP contribution is 2.20. The number of piperazine rings is 1. The average molecular weight is 418 g/mol. The van der Waals surface area contributed by atoms with E-state index in [0.717, 1.165) is 13.1 Å². The highest BCUT2D eigenvalue weighted by atomic mass is 16.6. The smallest absolute Gasteiger partial charge is 0.401 e. The van der Waals surface area contributed by atoms with Crippen LogP contribution in [0.4, 0.5) is 5.88 Å². The van der Waals surface area contributed by atoms with Crippen molar-refractivity contribution in [3.63, 3.8) is 0 Å². The maximum Gasteiger partial charge on any atom is 0.433 e. The van der Waals surface area contributed by atoms with Gasteiger partial charge in [0.1, 0.15) is 16.7 Å². The van der Waals surface area contributed by atoms with Crippen molar-refractivity contribution >= 4 is 17.9 Å². The third-order valence-electron chi connectivity index (χ3n) is 5.57. The third kappa shape index (κ3) is 4.90. The molecule has 3 aromatic rings. The zero-order valence-electron chi connectivity index (χ0n) is 17.0. The standard InChI is InChI=1S/C24H23N3O4/c28-22(13-11-21-12-14-23(31-21)27(29)30)25-15-17-26(18-16-25)24(19-7-3-1-4-8-19)20-9-5-2-6-10-20/h1-14,24H,15-18H2/p+1/b13-11+. The fourth-order valence-electron chi connectivity index (χ4n) is 4.05. The molecule has 1 aliphatic rings. The van der Waals surface area contributed by atoms with E-state index in [2.05, 4.69) is 48.5 Å². The lowest BCUT2D eigenvalue weighted by atomic mass is 9.96. The number of furan rings is 1. The summed E-state index contributed by atoms with van der Waals surface area (Å²) in [7, 11) is 0. The molecule has 2 aromatic carbocycles. The Hall–Kier alpha value is -3.71. The summed E-state index contributed by atoms with van der Waals surface area (Å²) in [4.78, 5) is 25.9. The van der Waals surface area contributed by atoms with Gasteiger partial charge >= 0.3 is 5.88 Å². The Kier molecular flexibility index (Phi) is 6.24. The van der Waals surface area contributed by atoms with Crippen molar-refractivity contribution in [2.45, 2.75) is 6.04 Å². The predicted octanol–water partition coefficient (Wildman–Crippen LogP) is 2.72. The number of carbonyl (C=O) groups is 1. The van der Waals surface area contributed by atoms with Crippen LogP contribution >= 0.6 is 0 Å². The zero-order valence-corrected chi connectivity index (χ0v) is 17.0. The van der Waals surface area contributed by atoms with Gasteiger partial charge in [0, 0.05) is 17.2 Å². The average Bonchev–Trinajstić information content (AvgIpc) is 3.29. The number of carbonyl (C=O) groups excluding carboxylic acids is 1. The first kappa shape index (κ1) is 20.6. The van der Waals surface area contributed by atoms with Crippen LogP contribution in [0.1, 0.15) is 22.9 Å². The molecule has 0 saturated carbocycles. The van der Waals surface area contributed by atoms with Gasteiger partial charge in [0.15, 0.2) is 0 Å². The Morgan fingerprint density at radius 1 is 0.968 bits per heavy atom. The molecule has 0 atom stereocenters. The highest BCUT2D eigenvalue weighted by Gasteiger charge is 2.30. The molecule has 1 N–H and O–H groups in total. The monoisotopic (exact) mass is 418 g/mol. The Bertz CT molecular complexity index is 1020. The van der Waals surface area contributed by atoms with Gasteiger partial charge in [-0.25, -0.2) is 0 Å². The van der Waals surface area contributed by atoms with E-state index in [9.17, 15) is 14.9 Å². The van der Waals surface area contributed by atoms with Gasteiger partial charge in [-0.15, -0.1) is 0 Å². The quantitative estimate of drug-likeness (QED) is 0.379. The first-order chi connectivity index (χ1) is 15.1. The summed E-state index contributed by atoms with van der Waals surface area (Å²) in [5.74, 6) is -0.163. The summed E-state index contributed by atoms with van der Waals surface area (Å²) in [6.07, 6.45) is 2.89. The van der Waals surface area contributed by atoms with Gasteiger partial charge in [-0.1, -0.05) is 60.7 Å². The first-order valence-electron chi connectivity index (χ1n) is 10.3. The lowest BCUT2D eigenvalue weighted by molar-refractivity contribution is -0.929. The summed E-state index contributed by atoms with van der Waals surface area (Å²) in [6, 6.07) is 23.9. The van der Waals surface area contributed by atoms with Crippen LogP contribution in [0.3, 0.4) is 0 Å². The molecule has 1 saturated heterocycles. The van der Waals surface area contributed by atoms with Gasteiger partial charge in [0.25, 0.3) is 0 Å². The number of amides is 1. The second-order valence-corrected chi connectivity index (χ2v) is 7.50. The fraction of sp³-hybridized carbons (Fsp3) is 0.208. The van der Waals surface area contributed by atoms with Crippen LogP contribution in [0.15, 0.2) is 83.3 Å². The van der Waals surface area contributed by atoms with Gasteiger partial charge in [-0.05, 0) is 12.1 Å². The van der Waals surface area contributed by atoms with E-state index >= 15 is 0 Å².